The summed E-state index contributed by atoms with van der Waals surface area (Å²) < 4.78 is 2.06. The lowest BCUT2D eigenvalue weighted by atomic mass is 9.99. The van der Waals surface area contributed by atoms with E-state index < -0.39 is 0 Å². The van der Waals surface area contributed by atoms with E-state index in [-0.39, 0.29) is 6.61 Å². The van der Waals surface area contributed by atoms with Crippen molar-refractivity contribution in [2.24, 2.45) is 0 Å². The molecule has 0 aromatic carbocycles. The maximum absolute atomic E-state index is 9.23. The fraction of sp³-hybridized carbons (Fsp3) is 0.625. The van der Waals surface area contributed by atoms with Gasteiger partial charge in [-0.25, -0.2) is 9.97 Å². The van der Waals surface area contributed by atoms with Crippen molar-refractivity contribution in [2.75, 3.05) is 13.2 Å². The minimum atomic E-state index is 0.270. The van der Waals surface area contributed by atoms with Gasteiger partial charge in [-0.3, -0.25) is 9.30 Å². The summed E-state index contributed by atoms with van der Waals surface area (Å²) in [7, 11) is 0. The molecule has 0 bridgehead atoms. The lowest BCUT2D eigenvalue weighted by Crippen LogP contribution is -2.39. The quantitative estimate of drug-likeness (QED) is 0.936. The molecule has 1 aliphatic heterocycles. The number of aryl methyl sites for hydroxylation is 2. The number of piperidine rings is 1. The number of imidazole rings is 1. The van der Waals surface area contributed by atoms with Crippen LogP contribution in [0.25, 0.3) is 5.78 Å². The molecule has 0 amide bonds. The van der Waals surface area contributed by atoms with Gasteiger partial charge >= 0.3 is 0 Å². The second-order valence-corrected chi connectivity index (χ2v) is 6.07. The number of hydrogen-bond donors (Lipinski definition) is 1. The molecule has 2 aromatic heterocycles. The Morgan fingerprint density at radius 2 is 2.14 bits per heavy atom. The van der Waals surface area contributed by atoms with Crippen LogP contribution in [-0.2, 0) is 6.54 Å². The monoisotopic (exact) mass is 288 g/mol. The topological polar surface area (TPSA) is 53.7 Å². The van der Waals surface area contributed by atoms with E-state index in [0.717, 1.165) is 36.7 Å². The maximum Gasteiger partial charge on any atom is 0.234 e. The number of likely N-dealkylation sites (tertiary alicyclic amines) is 1. The molecular formula is C16H24N4O. The van der Waals surface area contributed by atoms with Crippen LogP contribution in [0.5, 0.6) is 0 Å². The fourth-order valence-electron chi connectivity index (χ4n) is 3.35. The molecule has 2 aromatic rings. The molecule has 5 heteroatoms. The molecule has 3 rings (SSSR count). The predicted octanol–water partition coefficient (Wildman–Crippen LogP) is 2.08. The highest BCUT2D eigenvalue weighted by Crippen LogP contribution is 2.21. The Labute approximate surface area is 125 Å². The first-order valence-electron chi connectivity index (χ1n) is 7.84. The van der Waals surface area contributed by atoms with Crippen LogP contribution in [0.15, 0.2) is 12.3 Å². The minimum absolute atomic E-state index is 0.270. The third-order valence-corrected chi connectivity index (χ3v) is 4.39. The molecule has 1 fully saturated rings. The zero-order valence-corrected chi connectivity index (χ0v) is 12.9. The first-order chi connectivity index (χ1) is 10.2. The summed E-state index contributed by atoms with van der Waals surface area (Å²) in [5.41, 5.74) is 3.25. The van der Waals surface area contributed by atoms with Crippen molar-refractivity contribution in [3.05, 3.63) is 29.3 Å². The van der Waals surface area contributed by atoms with E-state index in [1.165, 1.54) is 25.0 Å². The number of aromatic nitrogens is 3. The molecular weight excluding hydrogens is 264 g/mol. The van der Waals surface area contributed by atoms with E-state index in [9.17, 15) is 5.11 Å². The lowest BCUT2D eigenvalue weighted by Gasteiger charge is -2.34. The number of hydrogen-bond acceptors (Lipinski definition) is 4. The van der Waals surface area contributed by atoms with E-state index in [1.807, 2.05) is 6.92 Å². The Balaban J connectivity index is 1.82. The van der Waals surface area contributed by atoms with Crippen molar-refractivity contribution in [3.8, 4) is 0 Å². The van der Waals surface area contributed by atoms with Gasteiger partial charge in [0.05, 0.1) is 5.69 Å². The highest BCUT2D eigenvalue weighted by molar-refractivity contribution is 5.34. The van der Waals surface area contributed by atoms with Gasteiger partial charge in [-0.1, -0.05) is 6.42 Å². The first-order valence-corrected chi connectivity index (χ1v) is 7.84. The first kappa shape index (κ1) is 14.5. The molecule has 1 N–H and O–H groups in total. The second kappa shape index (κ2) is 6.12. The van der Waals surface area contributed by atoms with Crippen LogP contribution in [0.3, 0.4) is 0 Å². The average Bonchev–Trinajstić information content (AvgIpc) is 2.84. The Hall–Kier alpha value is -1.46. The SMILES string of the molecule is Cc1cc(C)n2cc(CN3CCCCC3CCO)nc2n1. The van der Waals surface area contributed by atoms with Crippen molar-refractivity contribution in [2.45, 2.75) is 52.1 Å². The maximum atomic E-state index is 9.23. The number of fused-ring (bicyclic) bond motifs is 1. The molecule has 5 nitrogen and oxygen atoms in total. The van der Waals surface area contributed by atoms with Crippen molar-refractivity contribution in [1.82, 2.24) is 19.3 Å². The molecule has 1 saturated heterocycles. The molecule has 1 atom stereocenters. The Bertz CT molecular complexity index is 620. The summed E-state index contributed by atoms with van der Waals surface area (Å²) in [6, 6.07) is 2.57. The minimum Gasteiger partial charge on any atom is -0.396 e. The van der Waals surface area contributed by atoms with E-state index in [0.29, 0.717) is 6.04 Å². The molecule has 0 saturated carbocycles. The number of aliphatic hydroxyl groups is 1. The largest absolute Gasteiger partial charge is 0.396 e. The van der Waals surface area contributed by atoms with E-state index in [4.69, 9.17) is 0 Å². The number of rotatable bonds is 4. The van der Waals surface area contributed by atoms with Crippen LogP contribution in [0.1, 0.15) is 42.8 Å². The lowest BCUT2D eigenvalue weighted by molar-refractivity contribution is 0.111. The zero-order chi connectivity index (χ0) is 14.8. The van der Waals surface area contributed by atoms with Crippen LogP contribution in [0.4, 0.5) is 0 Å². The number of aliphatic hydroxyl groups excluding tert-OH is 1. The molecule has 1 aliphatic rings. The van der Waals surface area contributed by atoms with E-state index in [2.05, 4.69) is 38.5 Å². The van der Waals surface area contributed by atoms with Gasteiger partial charge in [0.1, 0.15) is 0 Å². The van der Waals surface area contributed by atoms with E-state index >= 15 is 0 Å². The number of nitrogens with zero attached hydrogens (tertiary/aromatic N) is 4. The fourth-order valence-corrected chi connectivity index (χ4v) is 3.35. The molecule has 21 heavy (non-hydrogen) atoms. The highest BCUT2D eigenvalue weighted by atomic mass is 16.3. The second-order valence-electron chi connectivity index (χ2n) is 6.07. The van der Waals surface area contributed by atoms with Crippen molar-refractivity contribution < 1.29 is 5.11 Å². The summed E-state index contributed by atoms with van der Waals surface area (Å²) >= 11 is 0. The zero-order valence-electron chi connectivity index (χ0n) is 12.9. The summed E-state index contributed by atoms with van der Waals surface area (Å²) in [5, 5.41) is 9.23. The Morgan fingerprint density at radius 1 is 1.29 bits per heavy atom. The van der Waals surface area contributed by atoms with Crippen LogP contribution < -0.4 is 0 Å². The van der Waals surface area contributed by atoms with Gasteiger partial charge in [-0.15, -0.1) is 0 Å². The summed E-state index contributed by atoms with van der Waals surface area (Å²) in [6.07, 6.45) is 6.66. The summed E-state index contributed by atoms with van der Waals surface area (Å²) in [4.78, 5) is 11.6. The van der Waals surface area contributed by atoms with Gasteiger partial charge in [0.25, 0.3) is 0 Å². The Morgan fingerprint density at radius 3 is 2.95 bits per heavy atom. The summed E-state index contributed by atoms with van der Waals surface area (Å²) in [5.74, 6) is 0.790. The summed E-state index contributed by atoms with van der Waals surface area (Å²) in [6.45, 7) is 6.31. The smallest absolute Gasteiger partial charge is 0.234 e. The van der Waals surface area contributed by atoms with Gasteiger partial charge < -0.3 is 5.11 Å². The molecule has 114 valence electrons. The van der Waals surface area contributed by atoms with Crippen LogP contribution in [-0.4, -0.2) is 43.6 Å². The van der Waals surface area contributed by atoms with Crippen molar-refractivity contribution in [1.29, 1.82) is 0 Å². The van der Waals surface area contributed by atoms with E-state index in [1.54, 1.807) is 0 Å². The van der Waals surface area contributed by atoms with Crippen LogP contribution >= 0.6 is 0 Å². The van der Waals surface area contributed by atoms with Gasteiger partial charge in [-0.2, -0.15) is 0 Å². The molecule has 0 aliphatic carbocycles. The van der Waals surface area contributed by atoms with Crippen molar-refractivity contribution in [3.63, 3.8) is 0 Å². The van der Waals surface area contributed by atoms with Gasteiger partial charge in [0.15, 0.2) is 0 Å². The standard InChI is InChI=1S/C16H24N4O/c1-12-9-13(2)20-11-14(18-16(20)17-12)10-19-7-4-3-5-15(19)6-8-21/h9,11,15,21H,3-8,10H2,1-2H3. The molecule has 3 heterocycles. The third kappa shape index (κ3) is 3.09. The van der Waals surface area contributed by atoms with Crippen LogP contribution in [0, 0.1) is 13.8 Å². The normalized spacial score (nSPS) is 20.2. The van der Waals surface area contributed by atoms with Gasteiger partial charge in [0, 0.05) is 36.8 Å². The molecule has 0 radical (unpaired) electrons. The third-order valence-electron chi connectivity index (χ3n) is 4.39. The van der Waals surface area contributed by atoms with Crippen LogP contribution in [0.2, 0.25) is 0 Å². The van der Waals surface area contributed by atoms with Gasteiger partial charge in [0.2, 0.25) is 5.78 Å². The van der Waals surface area contributed by atoms with Gasteiger partial charge in [-0.05, 0) is 45.7 Å². The highest BCUT2D eigenvalue weighted by Gasteiger charge is 2.22. The Kier molecular flexibility index (Phi) is 4.22. The average molecular weight is 288 g/mol. The van der Waals surface area contributed by atoms with Crippen molar-refractivity contribution >= 4 is 5.78 Å². The molecule has 0 spiro atoms. The predicted molar refractivity (Wildman–Crippen MR) is 82.2 cm³/mol. The molecule has 1 unspecified atom stereocenters.